The molecular formula is C22H26N2O4. The molecule has 0 fully saturated rings. The fourth-order valence-corrected chi connectivity index (χ4v) is 2.58. The molecule has 0 bridgehead atoms. The number of carbonyl (C=O) groups excluding carboxylic acids is 3. The zero-order chi connectivity index (χ0) is 20.7. The lowest BCUT2D eigenvalue weighted by atomic mass is 10.0. The van der Waals surface area contributed by atoms with Gasteiger partial charge in [0.25, 0.3) is 0 Å². The van der Waals surface area contributed by atoms with Crippen LogP contribution in [0.15, 0.2) is 54.6 Å². The summed E-state index contributed by atoms with van der Waals surface area (Å²) in [6, 6.07) is 14.6. The van der Waals surface area contributed by atoms with Crippen LogP contribution in [-0.4, -0.2) is 29.9 Å². The highest BCUT2D eigenvalue weighted by Gasteiger charge is 2.29. The summed E-state index contributed by atoms with van der Waals surface area (Å²) < 4.78 is 5.34. The van der Waals surface area contributed by atoms with Gasteiger partial charge in [0.1, 0.15) is 6.04 Å². The number of benzene rings is 2. The number of amides is 2. The minimum atomic E-state index is -0.949. The van der Waals surface area contributed by atoms with Crippen molar-refractivity contribution >= 4 is 23.5 Å². The van der Waals surface area contributed by atoms with Crippen molar-refractivity contribution in [1.29, 1.82) is 0 Å². The third-order valence-corrected chi connectivity index (χ3v) is 4.24. The summed E-state index contributed by atoms with van der Waals surface area (Å²) in [5.74, 6) is -1.15. The summed E-state index contributed by atoms with van der Waals surface area (Å²) in [5, 5.41) is 5.28. The minimum absolute atomic E-state index is 0.212. The second-order valence-electron chi connectivity index (χ2n) is 7.00. The fraction of sp³-hybridized carbons (Fsp3) is 0.318. The van der Waals surface area contributed by atoms with Gasteiger partial charge in [-0.2, -0.15) is 0 Å². The number of carbonyl (C=O) groups is 3. The molecular weight excluding hydrogens is 356 g/mol. The Morgan fingerprint density at radius 1 is 0.893 bits per heavy atom. The van der Waals surface area contributed by atoms with Crippen LogP contribution >= 0.6 is 0 Å². The average Bonchev–Trinajstić information content (AvgIpc) is 2.66. The van der Waals surface area contributed by atoms with E-state index in [0.29, 0.717) is 11.3 Å². The number of hydrogen-bond donors (Lipinski definition) is 2. The predicted molar refractivity (Wildman–Crippen MR) is 108 cm³/mol. The van der Waals surface area contributed by atoms with Crippen molar-refractivity contribution in [3.63, 3.8) is 0 Å². The molecule has 2 amide bonds. The van der Waals surface area contributed by atoms with Crippen LogP contribution in [0.25, 0.3) is 0 Å². The van der Waals surface area contributed by atoms with Crippen molar-refractivity contribution in [2.75, 3.05) is 5.32 Å². The number of rotatable bonds is 7. The topological polar surface area (TPSA) is 84.5 Å². The number of ketones is 1. The number of hydrogen-bond acceptors (Lipinski definition) is 4. The van der Waals surface area contributed by atoms with Gasteiger partial charge in [0, 0.05) is 11.3 Å². The van der Waals surface area contributed by atoms with E-state index in [1.54, 1.807) is 50.2 Å². The average molecular weight is 382 g/mol. The van der Waals surface area contributed by atoms with Crippen LogP contribution in [0.5, 0.6) is 0 Å². The molecule has 6 heteroatoms. The monoisotopic (exact) mass is 382 g/mol. The van der Waals surface area contributed by atoms with Crippen LogP contribution in [0.3, 0.4) is 0 Å². The summed E-state index contributed by atoms with van der Waals surface area (Å²) in [7, 11) is 0. The van der Waals surface area contributed by atoms with Crippen LogP contribution < -0.4 is 10.6 Å². The lowest BCUT2D eigenvalue weighted by molar-refractivity contribution is -0.149. The number of para-hydroxylation sites is 1. The summed E-state index contributed by atoms with van der Waals surface area (Å²) in [5.41, 5.74) is 2.12. The van der Waals surface area contributed by atoms with E-state index in [1.807, 2.05) is 25.1 Å². The molecule has 6 nitrogen and oxygen atoms in total. The van der Waals surface area contributed by atoms with Crippen molar-refractivity contribution in [2.45, 2.75) is 39.8 Å². The quantitative estimate of drug-likeness (QED) is 0.561. The lowest BCUT2D eigenvalue weighted by Gasteiger charge is -2.23. The van der Waals surface area contributed by atoms with Crippen LogP contribution in [0.2, 0.25) is 0 Å². The highest BCUT2D eigenvalue weighted by Crippen LogP contribution is 2.12. The summed E-state index contributed by atoms with van der Waals surface area (Å²) in [4.78, 5) is 37.2. The van der Waals surface area contributed by atoms with Crippen molar-refractivity contribution in [3.8, 4) is 0 Å². The van der Waals surface area contributed by atoms with E-state index < -0.39 is 24.1 Å². The van der Waals surface area contributed by atoms with Crippen LogP contribution in [0.4, 0.5) is 10.5 Å². The Balaban J connectivity index is 1.98. The summed E-state index contributed by atoms with van der Waals surface area (Å²) in [6.07, 6.45) is -0.949. The third-order valence-electron chi connectivity index (χ3n) is 4.24. The van der Waals surface area contributed by atoms with E-state index in [0.717, 1.165) is 5.56 Å². The normalized spacial score (nSPS) is 12.8. The Hall–Kier alpha value is -3.15. The van der Waals surface area contributed by atoms with E-state index in [2.05, 4.69) is 10.6 Å². The number of urea groups is 1. The van der Waals surface area contributed by atoms with Gasteiger partial charge in [-0.15, -0.1) is 0 Å². The van der Waals surface area contributed by atoms with Gasteiger partial charge in [-0.1, -0.05) is 61.9 Å². The zero-order valence-electron chi connectivity index (χ0n) is 16.6. The Morgan fingerprint density at radius 2 is 1.50 bits per heavy atom. The molecule has 28 heavy (non-hydrogen) atoms. The molecule has 2 atom stereocenters. The van der Waals surface area contributed by atoms with Crippen LogP contribution in [0.1, 0.15) is 36.7 Å². The highest BCUT2D eigenvalue weighted by molar-refractivity contribution is 6.00. The maximum absolute atomic E-state index is 12.6. The Kier molecular flexibility index (Phi) is 7.32. The molecule has 148 valence electrons. The number of anilines is 1. The Labute approximate surface area is 165 Å². The molecule has 0 aliphatic heterocycles. The molecule has 0 saturated carbocycles. The molecule has 2 N–H and O–H groups in total. The minimum Gasteiger partial charge on any atom is -0.453 e. The second-order valence-corrected chi connectivity index (χ2v) is 7.00. The highest BCUT2D eigenvalue weighted by atomic mass is 16.5. The molecule has 0 aliphatic rings. The molecule has 0 saturated heterocycles. The number of esters is 1. The first-order chi connectivity index (χ1) is 13.3. The van der Waals surface area contributed by atoms with E-state index >= 15 is 0 Å². The van der Waals surface area contributed by atoms with Crippen molar-refractivity contribution in [2.24, 2.45) is 5.92 Å². The fourth-order valence-electron chi connectivity index (χ4n) is 2.58. The van der Waals surface area contributed by atoms with Gasteiger partial charge >= 0.3 is 12.0 Å². The smallest absolute Gasteiger partial charge is 0.329 e. The first kappa shape index (κ1) is 21.2. The molecule has 0 radical (unpaired) electrons. The first-order valence-electron chi connectivity index (χ1n) is 9.22. The first-order valence-corrected chi connectivity index (χ1v) is 9.22. The van der Waals surface area contributed by atoms with Gasteiger partial charge in [0.05, 0.1) is 0 Å². The van der Waals surface area contributed by atoms with E-state index in [9.17, 15) is 14.4 Å². The molecule has 2 rings (SSSR count). The Bertz CT molecular complexity index is 816. The van der Waals surface area contributed by atoms with Crippen LogP contribution in [-0.2, 0) is 9.53 Å². The molecule has 0 unspecified atom stereocenters. The lowest BCUT2D eigenvalue weighted by Crippen LogP contribution is -2.48. The summed E-state index contributed by atoms with van der Waals surface area (Å²) in [6.45, 7) is 7.04. The van der Waals surface area contributed by atoms with Crippen molar-refractivity contribution < 1.29 is 19.1 Å². The molecule has 2 aromatic rings. The molecule has 0 aromatic heterocycles. The van der Waals surface area contributed by atoms with E-state index in [4.69, 9.17) is 4.74 Å². The van der Waals surface area contributed by atoms with Gasteiger partial charge in [0.2, 0.25) is 5.78 Å². The van der Waals surface area contributed by atoms with Gasteiger partial charge in [-0.25, -0.2) is 9.59 Å². The van der Waals surface area contributed by atoms with Gasteiger partial charge in [-0.05, 0) is 31.9 Å². The standard InChI is InChI=1S/C22H26N2O4/c1-14(2)19(24-22(27)23-18-8-6-5-7-9-18)21(26)28-16(4)20(25)17-12-10-15(3)11-13-17/h5-14,16,19H,1-4H3,(H2,23,24,27)/t16-,19+/m0/s1. The zero-order valence-corrected chi connectivity index (χ0v) is 16.6. The van der Waals surface area contributed by atoms with Crippen molar-refractivity contribution in [1.82, 2.24) is 5.32 Å². The van der Waals surface area contributed by atoms with Crippen molar-refractivity contribution in [3.05, 3.63) is 65.7 Å². The van der Waals surface area contributed by atoms with Gasteiger partial charge in [0.15, 0.2) is 6.10 Å². The molecule has 0 spiro atoms. The second kappa shape index (κ2) is 9.69. The number of ether oxygens (including phenoxy) is 1. The predicted octanol–water partition coefficient (Wildman–Crippen LogP) is 3.96. The molecule has 0 aliphatic carbocycles. The number of Topliss-reactive ketones (excluding diaryl/α,β-unsaturated/α-hetero) is 1. The molecule has 0 heterocycles. The number of aryl methyl sites for hydroxylation is 1. The third kappa shape index (κ3) is 5.94. The molecule has 2 aromatic carbocycles. The maximum atomic E-state index is 12.6. The maximum Gasteiger partial charge on any atom is 0.329 e. The van der Waals surface area contributed by atoms with Gasteiger partial charge < -0.3 is 15.4 Å². The summed E-state index contributed by atoms with van der Waals surface area (Å²) >= 11 is 0. The number of nitrogens with one attached hydrogen (secondary N) is 2. The van der Waals surface area contributed by atoms with E-state index in [1.165, 1.54) is 6.92 Å². The van der Waals surface area contributed by atoms with Crippen LogP contribution in [0, 0.1) is 12.8 Å². The Morgan fingerprint density at radius 3 is 2.07 bits per heavy atom. The van der Waals surface area contributed by atoms with E-state index in [-0.39, 0.29) is 11.7 Å². The van der Waals surface area contributed by atoms with Gasteiger partial charge in [-0.3, -0.25) is 4.79 Å². The largest absolute Gasteiger partial charge is 0.453 e. The SMILES string of the molecule is Cc1ccc(C(=O)[C@H](C)OC(=O)[C@H](NC(=O)Nc2ccccc2)C(C)C)cc1.